The van der Waals surface area contributed by atoms with Crippen LogP contribution in [0.15, 0.2) is 30.3 Å². The first-order valence-corrected chi connectivity index (χ1v) is 7.76. The van der Waals surface area contributed by atoms with E-state index < -0.39 is 11.4 Å². The van der Waals surface area contributed by atoms with Gasteiger partial charge in [-0.05, 0) is 31.4 Å². The number of carbonyl (C=O) groups excluding carboxylic acids is 1. The second-order valence-electron chi connectivity index (χ2n) is 6.00. The molecule has 4 heteroatoms. The van der Waals surface area contributed by atoms with Crippen molar-refractivity contribution in [3.8, 4) is 0 Å². The SMILES string of the molecule is CNC(COC1CCCCC1C)(C(N)=O)c1ccccc1. The highest BCUT2D eigenvalue weighted by Gasteiger charge is 2.38. The molecule has 0 radical (unpaired) electrons. The molecule has 0 spiro atoms. The fraction of sp³-hybridized carbons (Fsp3) is 0.588. The number of primary amides is 1. The number of nitrogens with two attached hydrogens (primary N) is 1. The van der Waals surface area contributed by atoms with E-state index in [1.54, 1.807) is 7.05 Å². The molecule has 0 heterocycles. The molecule has 1 saturated carbocycles. The minimum Gasteiger partial charge on any atom is -0.375 e. The van der Waals surface area contributed by atoms with E-state index in [0.717, 1.165) is 12.0 Å². The zero-order valence-corrected chi connectivity index (χ0v) is 13.0. The molecule has 3 N–H and O–H groups in total. The summed E-state index contributed by atoms with van der Waals surface area (Å²) in [6.45, 7) is 2.50. The first-order valence-electron chi connectivity index (χ1n) is 7.76. The maximum Gasteiger partial charge on any atom is 0.244 e. The van der Waals surface area contributed by atoms with Gasteiger partial charge in [-0.2, -0.15) is 0 Å². The standard InChI is InChI=1S/C17H26N2O2/c1-13-8-6-7-11-15(13)21-12-17(19-2,16(18)20)14-9-4-3-5-10-14/h3-5,9-10,13,15,19H,6-8,11-12H2,1-2H3,(H2,18,20). The Balaban J connectivity index is 2.15. The Morgan fingerprint density at radius 3 is 2.57 bits per heavy atom. The van der Waals surface area contributed by atoms with Crippen LogP contribution >= 0.6 is 0 Å². The Morgan fingerprint density at radius 2 is 2.00 bits per heavy atom. The van der Waals surface area contributed by atoms with E-state index in [9.17, 15) is 4.79 Å². The van der Waals surface area contributed by atoms with E-state index in [-0.39, 0.29) is 12.7 Å². The average molecular weight is 290 g/mol. The summed E-state index contributed by atoms with van der Waals surface area (Å²) in [5.41, 5.74) is 5.57. The third kappa shape index (κ3) is 3.44. The van der Waals surface area contributed by atoms with Crippen molar-refractivity contribution in [2.24, 2.45) is 11.7 Å². The van der Waals surface area contributed by atoms with Crippen LogP contribution < -0.4 is 11.1 Å². The summed E-state index contributed by atoms with van der Waals surface area (Å²) in [5, 5.41) is 3.09. The number of nitrogens with one attached hydrogen (secondary N) is 1. The largest absolute Gasteiger partial charge is 0.375 e. The van der Waals surface area contributed by atoms with Gasteiger partial charge in [-0.25, -0.2) is 0 Å². The number of hydrogen-bond donors (Lipinski definition) is 2. The quantitative estimate of drug-likeness (QED) is 0.844. The second-order valence-corrected chi connectivity index (χ2v) is 6.00. The van der Waals surface area contributed by atoms with Gasteiger partial charge in [0.25, 0.3) is 0 Å². The summed E-state index contributed by atoms with van der Waals surface area (Å²) in [5.74, 6) is 0.136. The zero-order valence-electron chi connectivity index (χ0n) is 13.0. The van der Waals surface area contributed by atoms with Crippen molar-refractivity contribution in [2.75, 3.05) is 13.7 Å². The molecule has 2 rings (SSSR count). The van der Waals surface area contributed by atoms with Crippen molar-refractivity contribution < 1.29 is 9.53 Å². The monoisotopic (exact) mass is 290 g/mol. The summed E-state index contributed by atoms with van der Waals surface area (Å²) >= 11 is 0. The van der Waals surface area contributed by atoms with E-state index in [1.807, 2.05) is 30.3 Å². The van der Waals surface area contributed by atoms with Gasteiger partial charge in [0.1, 0.15) is 5.54 Å². The minimum atomic E-state index is -0.960. The topological polar surface area (TPSA) is 64.3 Å². The van der Waals surface area contributed by atoms with Crippen LogP contribution in [0.1, 0.15) is 38.2 Å². The van der Waals surface area contributed by atoms with Gasteiger partial charge < -0.3 is 15.8 Å². The van der Waals surface area contributed by atoms with Gasteiger partial charge in [0, 0.05) is 0 Å². The maximum atomic E-state index is 12.1. The normalized spacial score (nSPS) is 25.2. The molecule has 1 amide bonds. The molecule has 21 heavy (non-hydrogen) atoms. The molecule has 1 aliphatic carbocycles. The first-order chi connectivity index (χ1) is 10.1. The van der Waals surface area contributed by atoms with E-state index in [1.165, 1.54) is 19.3 Å². The zero-order chi connectivity index (χ0) is 15.3. The number of ether oxygens (including phenoxy) is 1. The van der Waals surface area contributed by atoms with Gasteiger partial charge in [0.2, 0.25) is 5.91 Å². The van der Waals surface area contributed by atoms with Crippen molar-refractivity contribution >= 4 is 5.91 Å². The molecular formula is C17H26N2O2. The summed E-state index contributed by atoms with van der Waals surface area (Å²) in [4.78, 5) is 12.1. The number of hydrogen-bond acceptors (Lipinski definition) is 3. The fourth-order valence-electron chi connectivity index (χ4n) is 3.12. The highest BCUT2D eigenvalue weighted by molar-refractivity contribution is 5.86. The van der Waals surface area contributed by atoms with Gasteiger partial charge >= 0.3 is 0 Å². The summed E-state index contributed by atoms with van der Waals surface area (Å²) in [6.07, 6.45) is 4.94. The van der Waals surface area contributed by atoms with E-state index in [0.29, 0.717) is 5.92 Å². The minimum absolute atomic E-state index is 0.217. The van der Waals surface area contributed by atoms with Crippen molar-refractivity contribution in [1.82, 2.24) is 5.32 Å². The Labute approximate surface area is 127 Å². The van der Waals surface area contributed by atoms with Crippen LogP contribution in [0, 0.1) is 5.92 Å². The van der Waals surface area contributed by atoms with Gasteiger partial charge in [-0.3, -0.25) is 4.79 Å². The van der Waals surface area contributed by atoms with E-state index in [4.69, 9.17) is 10.5 Å². The van der Waals surface area contributed by atoms with Gasteiger partial charge in [0.15, 0.2) is 0 Å². The maximum absolute atomic E-state index is 12.1. The first kappa shape index (κ1) is 16.0. The molecule has 3 atom stereocenters. The smallest absolute Gasteiger partial charge is 0.244 e. The van der Waals surface area contributed by atoms with Crippen molar-refractivity contribution in [2.45, 2.75) is 44.2 Å². The molecule has 0 saturated heterocycles. The third-order valence-electron chi connectivity index (χ3n) is 4.66. The number of likely N-dealkylation sites (N-methyl/N-ethyl adjacent to an activating group) is 1. The van der Waals surface area contributed by atoms with Crippen LogP contribution in [0.3, 0.4) is 0 Å². The molecule has 0 bridgehead atoms. The Kier molecular flexibility index (Phi) is 5.37. The molecular weight excluding hydrogens is 264 g/mol. The predicted molar refractivity (Wildman–Crippen MR) is 83.7 cm³/mol. The second kappa shape index (κ2) is 7.05. The lowest BCUT2D eigenvalue weighted by Crippen LogP contribution is -2.55. The fourth-order valence-corrected chi connectivity index (χ4v) is 3.12. The van der Waals surface area contributed by atoms with Crippen molar-refractivity contribution in [3.05, 3.63) is 35.9 Å². The van der Waals surface area contributed by atoms with Gasteiger partial charge in [-0.1, -0.05) is 50.1 Å². The number of amides is 1. The van der Waals surface area contributed by atoms with Crippen LogP contribution in [0.5, 0.6) is 0 Å². The van der Waals surface area contributed by atoms with Crippen LogP contribution in [0.25, 0.3) is 0 Å². The number of carbonyl (C=O) groups is 1. The molecule has 1 fully saturated rings. The van der Waals surface area contributed by atoms with Crippen LogP contribution in [0.4, 0.5) is 0 Å². The lowest BCUT2D eigenvalue weighted by Gasteiger charge is -2.35. The lowest BCUT2D eigenvalue weighted by atomic mass is 9.87. The third-order valence-corrected chi connectivity index (χ3v) is 4.66. The highest BCUT2D eigenvalue weighted by atomic mass is 16.5. The molecule has 116 valence electrons. The number of rotatable bonds is 6. The average Bonchev–Trinajstić information content (AvgIpc) is 2.51. The van der Waals surface area contributed by atoms with Crippen molar-refractivity contribution in [1.29, 1.82) is 0 Å². The summed E-state index contributed by atoms with van der Waals surface area (Å²) in [7, 11) is 1.76. The summed E-state index contributed by atoms with van der Waals surface area (Å²) in [6, 6.07) is 9.57. The Morgan fingerprint density at radius 1 is 1.33 bits per heavy atom. The summed E-state index contributed by atoms with van der Waals surface area (Å²) < 4.78 is 6.10. The highest BCUT2D eigenvalue weighted by Crippen LogP contribution is 2.29. The molecule has 0 aromatic heterocycles. The van der Waals surface area contributed by atoms with Gasteiger partial charge in [-0.15, -0.1) is 0 Å². The molecule has 1 aromatic carbocycles. The van der Waals surface area contributed by atoms with Crippen LogP contribution in [-0.4, -0.2) is 25.7 Å². The van der Waals surface area contributed by atoms with E-state index >= 15 is 0 Å². The lowest BCUT2D eigenvalue weighted by molar-refractivity contribution is -0.130. The van der Waals surface area contributed by atoms with Crippen LogP contribution in [-0.2, 0) is 15.1 Å². The molecule has 3 unspecified atom stereocenters. The Bertz CT molecular complexity index is 463. The predicted octanol–water partition coefficient (Wildman–Crippen LogP) is 2.18. The van der Waals surface area contributed by atoms with Gasteiger partial charge in [0.05, 0.1) is 12.7 Å². The Hall–Kier alpha value is -1.39. The van der Waals surface area contributed by atoms with E-state index in [2.05, 4.69) is 12.2 Å². The molecule has 1 aliphatic rings. The van der Waals surface area contributed by atoms with Crippen molar-refractivity contribution in [3.63, 3.8) is 0 Å². The molecule has 4 nitrogen and oxygen atoms in total. The van der Waals surface area contributed by atoms with Crippen LogP contribution in [0.2, 0.25) is 0 Å². The number of benzene rings is 1. The molecule has 0 aliphatic heterocycles. The molecule has 1 aromatic rings.